The second-order valence-electron chi connectivity index (χ2n) is 14.5. The number of hydrogen-bond acceptors (Lipinski definition) is 2. The Morgan fingerprint density at radius 2 is 0.911 bits per heavy atom. The predicted molar refractivity (Wildman–Crippen MR) is 237 cm³/mol. The second-order valence-corrected chi connectivity index (χ2v) is 17.2. The van der Waals surface area contributed by atoms with Crippen LogP contribution in [-0.2, 0) is 4.57 Å². The molecule has 1 aliphatic rings. The Labute approximate surface area is 325 Å². The van der Waals surface area contributed by atoms with Crippen LogP contribution in [0.15, 0.2) is 212 Å². The molecule has 3 nitrogen and oxygen atoms in total. The summed E-state index contributed by atoms with van der Waals surface area (Å²) in [5, 5.41) is 7.19. The Morgan fingerprint density at radius 3 is 1.62 bits per heavy atom. The highest BCUT2D eigenvalue weighted by Gasteiger charge is 2.41. The lowest BCUT2D eigenvalue weighted by Gasteiger charge is -2.26. The zero-order valence-electron chi connectivity index (χ0n) is 30.5. The molecule has 1 unspecified atom stereocenters. The van der Waals surface area contributed by atoms with Crippen molar-refractivity contribution in [3.05, 3.63) is 212 Å². The van der Waals surface area contributed by atoms with E-state index in [0.29, 0.717) is 0 Å². The topological polar surface area (TPSA) is 25.2 Å². The molecule has 0 saturated heterocycles. The Morgan fingerprint density at radius 1 is 0.393 bits per heavy atom. The summed E-state index contributed by atoms with van der Waals surface area (Å²) in [6.07, 6.45) is 0. The number of fused-ring (bicyclic) bond motifs is 7. The van der Waals surface area contributed by atoms with Crippen LogP contribution in [0.4, 0.5) is 17.1 Å². The van der Waals surface area contributed by atoms with Crippen LogP contribution in [0, 0.1) is 0 Å². The van der Waals surface area contributed by atoms with Crippen LogP contribution in [0.5, 0.6) is 0 Å². The molecule has 0 aliphatic carbocycles. The van der Waals surface area contributed by atoms with Gasteiger partial charge in [0.05, 0.1) is 11.0 Å². The first-order valence-corrected chi connectivity index (χ1v) is 20.7. The van der Waals surface area contributed by atoms with Crippen molar-refractivity contribution in [1.82, 2.24) is 4.57 Å². The van der Waals surface area contributed by atoms with E-state index < -0.39 is 7.14 Å². The Kier molecular flexibility index (Phi) is 7.45. The van der Waals surface area contributed by atoms with Crippen molar-refractivity contribution < 1.29 is 4.57 Å². The zero-order chi connectivity index (χ0) is 37.2. The highest BCUT2D eigenvalue weighted by Crippen LogP contribution is 2.54. The molecule has 264 valence electrons. The molecular formula is C52H35N2OP. The van der Waals surface area contributed by atoms with E-state index in [0.717, 1.165) is 82.4 Å². The van der Waals surface area contributed by atoms with Gasteiger partial charge in [-0.1, -0.05) is 133 Å². The smallest absolute Gasteiger partial charge is 0.172 e. The van der Waals surface area contributed by atoms with Gasteiger partial charge in [0.2, 0.25) is 0 Å². The van der Waals surface area contributed by atoms with Crippen LogP contribution in [-0.4, -0.2) is 4.57 Å². The van der Waals surface area contributed by atoms with Gasteiger partial charge in [-0.2, -0.15) is 0 Å². The molecule has 1 aliphatic heterocycles. The van der Waals surface area contributed by atoms with E-state index in [1.54, 1.807) is 0 Å². The second kappa shape index (κ2) is 12.8. The number of aromatic nitrogens is 1. The highest BCUT2D eigenvalue weighted by atomic mass is 31.2. The van der Waals surface area contributed by atoms with Gasteiger partial charge in [0, 0.05) is 49.4 Å². The minimum absolute atomic E-state index is 0.867. The maximum Gasteiger partial charge on any atom is 0.172 e. The highest BCUT2D eigenvalue weighted by molar-refractivity contribution is 7.86. The molecule has 9 aromatic carbocycles. The first-order chi connectivity index (χ1) is 27.6. The lowest BCUT2D eigenvalue weighted by molar-refractivity contribution is 0.593. The van der Waals surface area contributed by atoms with Gasteiger partial charge in [0.25, 0.3) is 0 Å². The van der Waals surface area contributed by atoms with Gasteiger partial charge in [-0.3, -0.25) is 0 Å². The van der Waals surface area contributed by atoms with Gasteiger partial charge >= 0.3 is 0 Å². The van der Waals surface area contributed by atoms with Gasteiger partial charge in [-0.15, -0.1) is 0 Å². The van der Waals surface area contributed by atoms with Crippen molar-refractivity contribution in [2.24, 2.45) is 0 Å². The third kappa shape index (κ3) is 5.02. The Balaban J connectivity index is 1.08. The Bertz CT molecular complexity index is 3140. The van der Waals surface area contributed by atoms with Crippen molar-refractivity contribution in [2.45, 2.75) is 0 Å². The van der Waals surface area contributed by atoms with Gasteiger partial charge < -0.3 is 14.0 Å². The molecule has 0 saturated carbocycles. The molecule has 0 amide bonds. The summed E-state index contributed by atoms with van der Waals surface area (Å²) in [6, 6.07) is 74.7. The van der Waals surface area contributed by atoms with E-state index in [-0.39, 0.29) is 0 Å². The third-order valence-electron chi connectivity index (χ3n) is 11.4. The minimum Gasteiger partial charge on any atom is -0.311 e. The Hall–Kier alpha value is -6.93. The van der Waals surface area contributed by atoms with Crippen LogP contribution in [0.25, 0.3) is 60.5 Å². The average Bonchev–Trinajstić information content (AvgIpc) is 3.72. The number of anilines is 3. The summed E-state index contributed by atoms with van der Waals surface area (Å²) in [4.78, 5) is 2.31. The van der Waals surface area contributed by atoms with Crippen molar-refractivity contribution in [2.75, 3.05) is 4.90 Å². The summed E-state index contributed by atoms with van der Waals surface area (Å²) < 4.78 is 18.1. The maximum absolute atomic E-state index is 15.8. The lowest BCUT2D eigenvalue weighted by atomic mass is 10.00. The van der Waals surface area contributed by atoms with Crippen LogP contribution in [0.3, 0.4) is 0 Å². The maximum atomic E-state index is 15.8. The molecule has 0 N–H and O–H groups in total. The SMILES string of the molecule is O=P1(c2ccccc2)c2cc3ccccc3cc2-c2cc3c(cc21)c1ccccc1n3-c1ccc(N(c2ccccc2)c2ccc(-c3ccccc3)cc2)cc1. The molecule has 0 bridgehead atoms. The number of nitrogens with zero attached hydrogens (tertiary/aromatic N) is 2. The fourth-order valence-corrected chi connectivity index (χ4v) is 11.8. The minimum atomic E-state index is -3.16. The number of para-hydroxylation sites is 2. The number of rotatable bonds is 6. The van der Waals surface area contributed by atoms with Gasteiger partial charge in [-0.05, 0) is 112 Å². The number of benzene rings is 9. The monoisotopic (exact) mass is 734 g/mol. The largest absolute Gasteiger partial charge is 0.311 e. The molecule has 1 atom stereocenters. The van der Waals surface area contributed by atoms with Gasteiger partial charge in [0.1, 0.15) is 0 Å². The van der Waals surface area contributed by atoms with E-state index in [2.05, 4.69) is 191 Å². The molecule has 56 heavy (non-hydrogen) atoms. The van der Waals surface area contributed by atoms with E-state index in [1.165, 1.54) is 11.1 Å². The molecule has 1 aromatic heterocycles. The standard InChI is InChI=1S/C52H35N2OP/c55-56(44-20-8-3-9-21-44)51-33-39-17-11-10-16-38(39)32-47(51)48-34-50-46(35-52(48)56)45-22-12-13-23-49(45)54(50)43-30-28-42(29-31-43)53(40-18-6-2-7-19-40)41-26-24-37(25-27-41)36-14-4-1-5-15-36/h1-35H. The first-order valence-electron chi connectivity index (χ1n) is 19.0. The molecule has 0 spiro atoms. The van der Waals surface area contributed by atoms with Crippen LogP contribution in [0.1, 0.15) is 0 Å². The van der Waals surface area contributed by atoms with Crippen LogP contribution >= 0.6 is 7.14 Å². The first kappa shape index (κ1) is 32.5. The van der Waals surface area contributed by atoms with Crippen molar-refractivity contribution >= 4 is 72.7 Å². The summed E-state index contributed by atoms with van der Waals surface area (Å²) in [6.45, 7) is 0. The molecular weight excluding hydrogens is 700 g/mol. The van der Waals surface area contributed by atoms with E-state index in [1.807, 2.05) is 30.3 Å². The van der Waals surface area contributed by atoms with Crippen molar-refractivity contribution in [3.8, 4) is 27.9 Å². The molecule has 11 rings (SSSR count). The number of hydrogen-bond donors (Lipinski definition) is 0. The van der Waals surface area contributed by atoms with Crippen LogP contribution < -0.4 is 20.8 Å². The fourth-order valence-electron chi connectivity index (χ4n) is 8.72. The normalized spacial score (nSPS) is 14.6. The van der Waals surface area contributed by atoms with Crippen molar-refractivity contribution in [3.63, 3.8) is 0 Å². The fraction of sp³-hybridized carbons (Fsp3) is 0. The van der Waals surface area contributed by atoms with Crippen LogP contribution in [0.2, 0.25) is 0 Å². The molecule has 2 heterocycles. The van der Waals surface area contributed by atoms with Gasteiger partial charge in [0.15, 0.2) is 7.14 Å². The summed E-state index contributed by atoms with van der Waals surface area (Å²) >= 11 is 0. The van der Waals surface area contributed by atoms with Crippen molar-refractivity contribution in [1.29, 1.82) is 0 Å². The summed E-state index contributed by atoms with van der Waals surface area (Å²) in [5.74, 6) is 0. The van der Waals surface area contributed by atoms with E-state index in [9.17, 15) is 0 Å². The predicted octanol–water partition coefficient (Wildman–Crippen LogP) is 12.7. The van der Waals surface area contributed by atoms with Gasteiger partial charge in [-0.25, -0.2) is 0 Å². The molecule has 4 heteroatoms. The third-order valence-corrected chi connectivity index (χ3v) is 14.5. The van der Waals surface area contributed by atoms with E-state index >= 15 is 4.57 Å². The lowest BCUT2D eigenvalue weighted by Crippen LogP contribution is -2.20. The summed E-state index contributed by atoms with van der Waals surface area (Å²) in [7, 11) is -3.16. The molecule has 0 radical (unpaired) electrons. The quantitative estimate of drug-likeness (QED) is 0.159. The summed E-state index contributed by atoms with van der Waals surface area (Å²) in [5.41, 5.74) is 11.0. The van der Waals surface area contributed by atoms with E-state index in [4.69, 9.17) is 0 Å². The molecule has 0 fully saturated rings. The zero-order valence-corrected chi connectivity index (χ0v) is 31.4. The average molecular weight is 735 g/mol. The molecule has 10 aromatic rings.